The predicted octanol–water partition coefficient (Wildman–Crippen LogP) is 2.92. The van der Waals surface area contributed by atoms with E-state index in [2.05, 4.69) is 10.1 Å². The fraction of sp³-hybridized carbons (Fsp3) is 0.474. The second kappa shape index (κ2) is 5.74. The Balaban J connectivity index is 1.47. The Labute approximate surface area is 142 Å². The number of rotatable bonds is 3. The molecule has 2 aromatic rings. The lowest BCUT2D eigenvalue weighted by Crippen LogP contribution is -2.31. The van der Waals surface area contributed by atoms with E-state index < -0.39 is 0 Å². The highest BCUT2D eigenvalue weighted by molar-refractivity contribution is 5.96. The highest BCUT2D eigenvalue weighted by Gasteiger charge is 2.47. The predicted molar refractivity (Wildman–Crippen MR) is 91.7 cm³/mol. The van der Waals surface area contributed by atoms with Crippen LogP contribution in [-0.4, -0.2) is 35.6 Å². The zero-order chi connectivity index (χ0) is 16.7. The van der Waals surface area contributed by atoms with Crippen LogP contribution in [0.4, 0.5) is 5.69 Å². The number of benzene rings is 1. The minimum Gasteiger partial charge on any atom is -0.361 e. The van der Waals surface area contributed by atoms with Crippen LogP contribution in [0.25, 0.3) is 0 Å². The monoisotopic (exact) mass is 325 g/mol. The first kappa shape index (κ1) is 15.4. The van der Waals surface area contributed by atoms with Crippen molar-refractivity contribution in [2.24, 2.45) is 5.41 Å². The molecule has 2 fully saturated rings. The molecule has 0 N–H and O–H groups in total. The lowest BCUT2D eigenvalue weighted by atomic mass is 9.86. The molecule has 2 aliphatic rings. The molecular formula is C19H23N3O2. The Morgan fingerprint density at radius 3 is 2.71 bits per heavy atom. The summed E-state index contributed by atoms with van der Waals surface area (Å²) in [4.78, 5) is 16.9. The normalized spacial score (nSPS) is 24.4. The number of hydrogen-bond acceptors (Lipinski definition) is 4. The molecule has 3 heterocycles. The van der Waals surface area contributed by atoms with Gasteiger partial charge in [0, 0.05) is 42.7 Å². The van der Waals surface area contributed by atoms with E-state index in [0.29, 0.717) is 6.42 Å². The zero-order valence-electron chi connectivity index (χ0n) is 14.3. The summed E-state index contributed by atoms with van der Waals surface area (Å²) >= 11 is 0. The summed E-state index contributed by atoms with van der Waals surface area (Å²) in [6.45, 7) is 7.65. The molecule has 1 amide bonds. The Morgan fingerprint density at radius 2 is 2.00 bits per heavy atom. The first-order chi connectivity index (χ1) is 11.6. The summed E-state index contributed by atoms with van der Waals surface area (Å²) in [6, 6.07) is 10.0. The topological polar surface area (TPSA) is 49.6 Å². The first-order valence-corrected chi connectivity index (χ1v) is 8.56. The fourth-order valence-corrected chi connectivity index (χ4v) is 4.13. The van der Waals surface area contributed by atoms with Crippen LogP contribution in [0.2, 0.25) is 0 Å². The van der Waals surface area contributed by atoms with E-state index in [-0.39, 0.29) is 11.3 Å². The number of aryl methyl sites for hydroxylation is 2. The standard InChI is InChI=1S/C19H23N3O2/c1-14-17(15(2)24-20-14)11-21-9-8-19(12-21)10-18(23)22(13-19)16-6-4-3-5-7-16/h3-7H,8-13H2,1-2H3. The molecule has 1 aromatic heterocycles. The summed E-state index contributed by atoms with van der Waals surface area (Å²) in [5.74, 6) is 1.15. The quantitative estimate of drug-likeness (QED) is 0.870. The number of anilines is 1. The molecule has 5 heteroatoms. The van der Waals surface area contributed by atoms with Crippen molar-refractivity contribution in [2.45, 2.75) is 33.2 Å². The van der Waals surface area contributed by atoms with Gasteiger partial charge < -0.3 is 9.42 Å². The van der Waals surface area contributed by atoms with Gasteiger partial charge in [-0.15, -0.1) is 0 Å². The molecule has 0 aliphatic carbocycles. The van der Waals surface area contributed by atoms with Gasteiger partial charge in [0.05, 0.1) is 5.69 Å². The van der Waals surface area contributed by atoms with Gasteiger partial charge >= 0.3 is 0 Å². The number of hydrogen-bond donors (Lipinski definition) is 0. The smallest absolute Gasteiger partial charge is 0.227 e. The van der Waals surface area contributed by atoms with Crippen molar-refractivity contribution >= 4 is 11.6 Å². The molecule has 0 radical (unpaired) electrons. The summed E-state index contributed by atoms with van der Waals surface area (Å²) in [5.41, 5.74) is 3.27. The van der Waals surface area contributed by atoms with E-state index in [1.807, 2.05) is 49.1 Å². The maximum absolute atomic E-state index is 12.6. The van der Waals surface area contributed by atoms with Gasteiger partial charge in [-0.3, -0.25) is 9.69 Å². The number of aromatic nitrogens is 1. The molecule has 126 valence electrons. The molecule has 1 spiro atoms. The minimum atomic E-state index is 0.0892. The molecule has 0 bridgehead atoms. The van der Waals surface area contributed by atoms with Gasteiger partial charge in [0.2, 0.25) is 5.91 Å². The van der Waals surface area contributed by atoms with Crippen LogP contribution in [0.5, 0.6) is 0 Å². The van der Waals surface area contributed by atoms with E-state index in [0.717, 1.165) is 49.7 Å². The van der Waals surface area contributed by atoms with Crippen molar-refractivity contribution in [1.29, 1.82) is 0 Å². The van der Waals surface area contributed by atoms with E-state index in [9.17, 15) is 4.79 Å². The van der Waals surface area contributed by atoms with Gasteiger partial charge in [0.1, 0.15) is 5.76 Å². The summed E-state index contributed by atoms with van der Waals surface area (Å²) in [5, 5.41) is 4.05. The average molecular weight is 325 g/mol. The van der Waals surface area contributed by atoms with Crippen LogP contribution < -0.4 is 4.90 Å². The van der Waals surface area contributed by atoms with Crippen LogP contribution in [0.15, 0.2) is 34.9 Å². The van der Waals surface area contributed by atoms with E-state index in [4.69, 9.17) is 4.52 Å². The number of carbonyl (C=O) groups is 1. The average Bonchev–Trinajstić information content (AvgIpc) is 3.22. The molecule has 1 aromatic carbocycles. The van der Waals surface area contributed by atoms with Gasteiger partial charge in [-0.05, 0) is 38.9 Å². The van der Waals surface area contributed by atoms with Gasteiger partial charge in [-0.2, -0.15) is 0 Å². The molecule has 1 unspecified atom stereocenters. The Kier molecular flexibility index (Phi) is 3.68. The number of carbonyl (C=O) groups excluding carboxylic acids is 1. The first-order valence-electron chi connectivity index (χ1n) is 8.56. The lowest BCUT2D eigenvalue weighted by molar-refractivity contribution is -0.117. The second-order valence-electron chi connectivity index (χ2n) is 7.26. The van der Waals surface area contributed by atoms with Crippen LogP contribution >= 0.6 is 0 Å². The third kappa shape index (κ3) is 2.63. The van der Waals surface area contributed by atoms with E-state index in [1.54, 1.807) is 0 Å². The lowest BCUT2D eigenvalue weighted by Gasteiger charge is -2.24. The van der Waals surface area contributed by atoms with E-state index >= 15 is 0 Å². The van der Waals surface area contributed by atoms with Crippen molar-refractivity contribution in [3.8, 4) is 0 Å². The van der Waals surface area contributed by atoms with Crippen molar-refractivity contribution in [3.05, 3.63) is 47.3 Å². The van der Waals surface area contributed by atoms with Crippen LogP contribution in [-0.2, 0) is 11.3 Å². The van der Waals surface area contributed by atoms with Crippen LogP contribution in [0.3, 0.4) is 0 Å². The van der Waals surface area contributed by atoms with Crippen molar-refractivity contribution in [1.82, 2.24) is 10.1 Å². The molecule has 24 heavy (non-hydrogen) atoms. The van der Waals surface area contributed by atoms with Crippen LogP contribution in [0, 0.1) is 19.3 Å². The van der Waals surface area contributed by atoms with Crippen molar-refractivity contribution in [2.75, 3.05) is 24.5 Å². The van der Waals surface area contributed by atoms with Gasteiger partial charge in [-0.25, -0.2) is 0 Å². The molecular weight excluding hydrogens is 302 g/mol. The van der Waals surface area contributed by atoms with Crippen molar-refractivity contribution < 1.29 is 9.32 Å². The number of nitrogens with zero attached hydrogens (tertiary/aromatic N) is 3. The molecule has 2 aliphatic heterocycles. The maximum Gasteiger partial charge on any atom is 0.227 e. The van der Waals surface area contributed by atoms with Gasteiger partial charge in [0.25, 0.3) is 0 Å². The molecule has 4 rings (SSSR count). The third-order valence-corrected chi connectivity index (χ3v) is 5.47. The van der Waals surface area contributed by atoms with Crippen LogP contribution in [0.1, 0.15) is 29.9 Å². The highest BCUT2D eigenvalue weighted by Crippen LogP contribution is 2.42. The Hall–Kier alpha value is -2.14. The molecule has 0 saturated carbocycles. The Morgan fingerprint density at radius 1 is 1.21 bits per heavy atom. The largest absolute Gasteiger partial charge is 0.361 e. The SMILES string of the molecule is Cc1noc(C)c1CN1CCC2(CC(=O)N(c3ccccc3)C2)C1. The highest BCUT2D eigenvalue weighted by atomic mass is 16.5. The van der Waals surface area contributed by atoms with Gasteiger partial charge in [-0.1, -0.05) is 23.4 Å². The molecule has 1 atom stereocenters. The molecule has 5 nitrogen and oxygen atoms in total. The van der Waals surface area contributed by atoms with Crippen molar-refractivity contribution in [3.63, 3.8) is 0 Å². The summed E-state index contributed by atoms with van der Waals surface area (Å²) in [6.07, 6.45) is 1.73. The Bertz CT molecular complexity index is 736. The maximum atomic E-state index is 12.6. The number of likely N-dealkylation sites (tertiary alicyclic amines) is 1. The number of para-hydroxylation sites is 1. The minimum absolute atomic E-state index is 0.0892. The molecule has 2 saturated heterocycles. The third-order valence-electron chi connectivity index (χ3n) is 5.47. The van der Waals surface area contributed by atoms with E-state index in [1.165, 1.54) is 5.56 Å². The zero-order valence-corrected chi connectivity index (χ0v) is 14.3. The van der Waals surface area contributed by atoms with Gasteiger partial charge in [0.15, 0.2) is 0 Å². The fourth-order valence-electron chi connectivity index (χ4n) is 4.13. The second-order valence-corrected chi connectivity index (χ2v) is 7.26. The number of amides is 1. The summed E-state index contributed by atoms with van der Waals surface area (Å²) in [7, 11) is 0. The summed E-state index contributed by atoms with van der Waals surface area (Å²) < 4.78 is 5.28.